The molecule has 0 aromatic heterocycles. The molecule has 0 saturated carbocycles. The van der Waals surface area contributed by atoms with Gasteiger partial charge in [0.2, 0.25) is 0 Å². The molecular weight excluding hydrogens is 350 g/mol. The summed E-state index contributed by atoms with van der Waals surface area (Å²) in [5.74, 6) is 0. The summed E-state index contributed by atoms with van der Waals surface area (Å²) in [4.78, 5) is 0. The van der Waals surface area contributed by atoms with E-state index in [-0.39, 0.29) is 0 Å². The van der Waals surface area contributed by atoms with Gasteiger partial charge in [-0.15, -0.1) is 0 Å². The van der Waals surface area contributed by atoms with Crippen LogP contribution in [0.15, 0.2) is 72.8 Å². The van der Waals surface area contributed by atoms with Crippen molar-refractivity contribution >= 4 is 16.5 Å². The molecule has 1 N–H and O–H groups in total. The molecule has 0 fully saturated rings. The fraction of sp³-hybridized carbons (Fsp3) is 0.429. The number of fused-ring (bicyclic) bond motifs is 2. The van der Waals surface area contributed by atoms with Crippen LogP contribution in [0.25, 0.3) is 10.8 Å². The molecule has 0 aliphatic carbocycles. The van der Waals surface area contributed by atoms with Crippen LogP contribution in [0.2, 0.25) is 0 Å². The maximum atomic E-state index is 3.55. The van der Waals surface area contributed by atoms with Crippen LogP contribution in [0.4, 0.5) is 5.69 Å². The maximum absolute atomic E-state index is 3.55. The first kappa shape index (κ1) is 21.4. The van der Waals surface area contributed by atoms with Gasteiger partial charge < -0.3 is 5.32 Å². The summed E-state index contributed by atoms with van der Waals surface area (Å²) >= 11 is 0. The fourth-order valence-electron chi connectivity index (χ4n) is 4.14. The van der Waals surface area contributed by atoms with E-state index in [1.807, 2.05) is 0 Å². The molecule has 1 atom stereocenters. The van der Waals surface area contributed by atoms with Crippen LogP contribution in [-0.2, 0) is 0 Å². The van der Waals surface area contributed by atoms with Crippen LogP contribution in [-0.4, -0.2) is 0 Å². The molecule has 4 rings (SSSR count). The Labute approximate surface area is 177 Å². The van der Waals surface area contributed by atoms with Gasteiger partial charge in [-0.25, -0.2) is 0 Å². The van der Waals surface area contributed by atoms with Crippen molar-refractivity contribution in [2.24, 2.45) is 0 Å². The summed E-state index contributed by atoms with van der Waals surface area (Å²) in [7, 11) is 0. The van der Waals surface area contributed by atoms with E-state index in [9.17, 15) is 0 Å². The normalized spacial score (nSPS) is 14.3. The molecule has 0 saturated heterocycles. The minimum absolute atomic E-state index is 0.640. The second-order valence-electron chi connectivity index (χ2n) is 8.25. The summed E-state index contributed by atoms with van der Waals surface area (Å²) < 4.78 is 0. The van der Waals surface area contributed by atoms with Crippen LogP contribution in [0.1, 0.15) is 82.7 Å². The maximum Gasteiger partial charge on any atom is 0.0534 e. The first-order chi connectivity index (χ1) is 14.4. The molecule has 0 bridgehead atoms. The smallest absolute Gasteiger partial charge is 0.0534 e. The Kier molecular flexibility index (Phi) is 9.10. The number of para-hydroxylation sites is 1. The molecule has 0 amide bonds. The van der Waals surface area contributed by atoms with Crippen molar-refractivity contribution in [3.05, 3.63) is 78.4 Å². The second kappa shape index (κ2) is 12.3. The van der Waals surface area contributed by atoms with Crippen LogP contribution < -0.4 is 5.32 Å². The van der Waals surface area contributed by atoms with Crippen molar-refractivity contribution in [3.8, 4) is 0 Å². The van der Waals surface area contributed by atoms with Gasteiger partial charge in [-0.1, -0.05) is 131 Å². The Hall–Kier alpha value is -2.28. The Morgan fingerprint density at radius 2 is 1.07 bits per heavy atom. The molecule has 1 heteroatoms. The molecule has 0 spiro atoms. The molecule has 3 aromatic rings. The van der Waals surface area contributed by atoms with Gasteiger partial charge in [-0.3, -0.25) is 0 Å². The zero-order valence-corrected chi connectivity index (χ0v) is 18.1. The minimum atomic E-state index is 0.640. The largest absolute Gasteiger partial charge is 0.378 e. The lowest BCUT2D eigenvalue weighted by atomic mass is 9.92. The van der Waals surface area contributed by atoms with Crippen molar-refractivity contribution in [3.63, 3.8) is 0 Å². The van der Waals surface area contributed by atoms with Crippen LogP contribution in [0, 0.1) is 0 Å². The summed E-state index contributed by atoms with van der Waals surface area (Å²) in [5.41, 5.74) is 2.88. The topological polar surface area (TPSA) is 12.0 Å². The quantitative estimate of drug-likeness (QED) is 0.342. The van der Waals surface area contributed by atoms with E-state index in [2.05, 4.69) is 85.0 Å². The average Bonchev–Trinajstić information content (AvgIpc) is 2.76. The summed E-state index contributed by atoms with van der Waals surface area (Å²) in [6.45, 7) is 2.28. The molecule has 1 heterocycles. The average molecular weight is 388 g/mol. The van der Waals surface area contributed by atoms with Crippen molar-refractivity contribution in [1.29, 1.82) is 0 Å². The van der Waals surface area contributed by atoms with E-state index in [1.165, 1.54) is 86.2 Å². The predicted octanol–water partition coefficient (Wildman–Crippen LogP) is 8.91. The zero-order valence-electron chi connectivity index (χ0n) is 18.1. The van der Waals surface area contributed by atoms with Gasteiger partial charge in [0, 0.05) is 5.69 Å². The van der Waals surface area contributed by atoms with E-state index < -0.39 is 0 Å². The first-order valence-electron chi connectivity index (χ1n) is 11.7. The highest BCUT2D eigenvalue weighted by Gasteiger charge is 2.23. The van der Waals surface area contributed by atoms with Crippen LogP contribution >= 0.6 is 0 Å². The molecule has 1 aliphatic rings. The first-order valence-corrected chi connectivity index (χ1v) is 11.7. The molecule has 1 nitrogen and oxygen atoms in total. The summed E-state index contributed by atoms with van der Waals surface area (Å²) in [5, 5.41) is 6.17. The predicted molar refractivity (Wildman–Crippen MR) is 129 cm³/mol. The Bertz CT molecular complexity index is 773. The Morgan fingerprint density at radius 3 is 1.62 bits per heavy atom. The highest BCUT2D eigenvalue weighted by atomic mass is 15.0. The third-order valence-electron chi connectivity index (χ3n) is 5.92. The number of anilines is 1. The van der Waals surface area contributed by atoms with Gasteiger partial charge in [0.1, 0.15) is 0 Å². The second-order valence-corrected chi connectivity index (χ2v) is 8.25. The Balaban J connectivity index is 0.000000200. The Morgan fingerprint density at radius 1 is 0.586 bits per heavy atom. The summed E-state index contributed by atoms with van der Waals surface area (Å²) in [6.07, 6.45) is 14.1. The molecule has 0 radical (unpaired) electrons. The van der Waals surface area contributed by atoms with Gasteiger partial charge in [0.15, 0.2) is 0 Å². The van der Waals surface area contributed by atoms with Crippen molar-refractivity contribution < 1.29 is 0 Å². The van der Waals surface area contributed by atoms with Gasteiger partial charge in [0.05, 0.1) is 6.04 Å². The van der Waals surface area contributed by atoms with Gasteiger partial charge in [0.25, 0.3) is 0 Å². The molecule has 29 heavy (non-hydrogen) atoms. The number of hydrogen-bond donors (Lipinski definition) is 1. The van der Waals surface area contributed by atoms with Crippen LogP contribution in [0.5, 0.6) is 0 Å². The van der Waals surface area contributed by atoms with Crippen LogP contribution in [0.3, 0.4) is 0 Å². The van der Waals surface area contributed by atoms with E-state index in [0.29, 0.717) is 6.04 Å². The standard InChI is InChI=1S/C18H29N.C10H8/c1-2-3-4-5-6-7-8-9-10-14-17-16-13-11-12-15-18(16)19-17;1-2-6-10-8-4-3-7-9(10)5-1/h11-13,15,17,19H,2-10,14H2,1H3;1-8H. The minimum Gasteiger partial charge on any atom is -0.378 e. The van der Waals surface area contributed by atoms with Gasteiger partial charge >= 0.3 is 0 Å². The number of unbranched alkanes of at least 4 members (excludes halogenated alkanes) is 8. The SMILES string of the molecule is CCCCCCCCCCCC1Nc2ccccc21.c1ccc2ccccc2c1. The lowest BCUT2D eigenvalue weighted by Crippen LogP contribution is -2.22. The lowest BCUT2D eigenvalue weighted by molar-refractivity contribution is 0.534. The van der Waals surface area contributed by atoms with Crippen molar-refractivity contribution in [2.75, 3.05) is 5.32 Å². The molecule has 3 aromatic carbocycles. The fourth-order valence-corrected chi connectivity index (χ4v) is 4.14. The van der Waals surface area contributed by atoms with Gasteiger partial charge in [-0.05, 0) is 28.8 Å². The highest BCUT2D eigenvalue weighted by Crippen LogP contribution is 2.38. The van der Waals surface area contributed by atoms with Crippen molar-refractivity contribution in [1.82, 2.24) is 0 Å². The number of benzene rings is 3. The third kappa shape index (κ3) is 6.92. The monoisotopic (exact) mass is 387 g/mol. The number of rotatable bonds is 10. The van der Waals surface area contributed by atoms with E-state index in [4.69, 9.17) is 0 Å². The molecule has 154 valence electrons. The van der Waals surface area contributed by atoms with E-state index in [0.717, 1.165) is 0 Å². The van der Waals surface area contributed by atoms with E-state index >= 15 is 0 Å². The third-order valence-corrected chi connectivity index (χ3v) is 5.92. The number of hydrogen-bond acceptors (Lipinski definition) is 1. The van der Waals surface area contributed by atoms with Crippen molar-refractivity contribution in [2.45, 2.75) is 77.2 Å². The highest BCUT2D eigenvalue weighted by molar-refractivity contribution is 5.82. The molecule has 1 unspecified atom stereocenters. The number of nitrogens with one attached hydrogen (secondary N) is 1. The summed E-state index contributed by atoms with van der Waals surface area (Å²) in [6, 6.07) is 26.1. The molecular formula is C28H37N. The molecule has 1 aliphatic heterocycles. The van der Waals surface area contributed by atoms with Gasteiger partial charge in [-0.2, -0.15) is 0 Å². The zero-order chi connectivity index (χ0) is 20.2. The van der Waals surface area contributed by atoms with E-state index in [1.54, 1.807) is 0 Å². The lowest BCUT2D eigenvalue weighted by Gasteiger charge is -2.32.